The molecule has 0 aliphatic rings. The molecule has 11 nitrogen and oxygen atoms in total. The Labute approximate surface area is 253 Å². The number of amides is 1. The predicted molar refractivity (Wildman–Crippen MR) is 171 cm³/mol. The highest BCUT2D eigenvalue weighted by molar-refractivity contribution is 5.98. The Morgan fingerprint density at radius 1 is 0.955 bits per heavy atom. The number of aromatic nitrogens is 7. The second kappa shape index (κ2) is 11.5. The average molecular weight is 593 g/mol. The lowest BCUT2D eigenvalue weighted by Crippen LogP contribution is -2.27. The normalized spacial score (nSPS) is 11.9. The third kappa shape index (κ3) is 5.97. The second-order valence-corrected chi connectivity index (χ2v) is 12.0. The van der Waals surface area contributed by atoms with Crippen molar-refractivity contribution in [2.75, 3.05) is 37.8 Å². The monoisotopic (exact) mass is 592 g/mol. The number of hydrogen-bond acceptors (Lipinski definition) is 8. The first-order valence-corrected chi connectivity index (χ1v) is 14.2. The fourth-order valence-electron chi connectivity index (χ4n) is 4.73. The smallest absolute Gasteiger partial charge is 0.229 e. The molecule has 0 bridgehead atoms. The van der Waals surface area contributed by atoms with Crippen molar-refractivity contribution >= 4 is 39.2 Å². The van der Waals surface area contributed by atoms with Crippen LogP contribution in [0.2, 0.25) is 0 Å². The van der Waals surface area contributed by atoms with E-state index < -0.39 is 5.41 Å². The summed E-state index contributed by atoms with van der Waals surface area (Å²) in [7, 11) is 3.98. The molecule has 5 aromatic heterocycles. The van der Waals surface area contributed by atoms with Crippen molar-refractivity contribution in [2.45, 2.75) is 20.8 Å². The van der Waals surface area contributed by atoms with E-state index >= 15 is 0 Å². The second-order valence-electron chi connectivity index (χ2n) is 12.0. The number of carbonyl (C=O) groups excluding carboxylic acids is 1. The Hall–Kier alpha value is -5.23. The lowest BCUT2D eigenvalue weighted by atomic mass is 9.95. The van der Waals surface area contributed by atoms with Crippen molar-refractivity contribution in [2.24, 2.45) is 5.41 Å². The van der Waals surface area contributed by atoms with Gasteiger partial charge in [-0.2, -0.15) is 5.10 Å². The third-order valence-corrected chi connectivity index (χ3v) is 7.10. The van der Waals surface area contributed by atoms with Crippen molar-refractivity contribution in [3.05, 3.63) is 67.0 Å². The van der Waals surface area contributed by atoms with Crippen LogP contribution in [0.1, 0.15) is 20.8 Å². The largest absolute Gasteiger partial charge is 0.384 e. The van der Waals surface area contributed by atoms with Gasteiger partial charge in [-0.3, -0.25) is 24.8 Å². The highest BCUT2D eigenvalue weighted by Gasteiger charge is 2.22. The zero-order chi connectivity index (χ0) is 31.0. The van der Waals surface area contributed by atoms with Gasteiger partial charge >= 0.3 is 0 Å². The SMILES string of the molecule is CN(C)CCNc1cc(F)cc(-c2nccc3[nH]c(-c4n[nH]c5cnc(-c6cncc(NC(=O)C(C)(C)C)c6)cc45)nc23)c1. The van der Waals surface area contributed by atoms with E-state index in [1.807, 2.05) is 59.1 Å². The quantitative estimate of drug-likeness (QED) is 0.176. The molecule has 0 radical (unpaired) electrons. The summed E-state index contributed by atoms with van der Waals surface area (Å²) in [6.45, 7) is 7.05. The van der Waals surface area contributed by atoms with E-state index in [2.05, 4.69) is 45.7 Å². The number of nitrogens with one attached hydrogen (secondary N) is 4. The van der Waals surface area contributed by atoms with Crippen molar-refractivity contribution in [3.63, 3.8) is 0 Å². The number of imidazole rings is 1. The molecule has 0 spiro atoms. The number of hydrogen-bond donors (Lipinski definition) is 4. The van der Waals surface area contributed by atoms with Gasteiger partial charge in [0.05, 0.1) is 40.5 Å². The molecule has 0 atom stereocenters. The van der Waals surface area contributed by atoms with Gasteiger partial charge in [0.25, 0.3) is 0 Å². The van der Waals surface area contributed by atoms with Crippen molar-refractivity contribution in [3.8, 4) is 34.0 Å². The molecule has 6 aromatic rings. The number of rotatable bonds is 8. The number of carbonyl (C=O) groups is 1. The zero-order valence-corrected chi connectivity index (χ0v) is 25.2. The molecule has 5 heterocycles. The first-order chi connectivity index (χ1) is 21.0. The highest BCUT2D eigenvalue weighted by atomic mass is 19.1. The van der Waals surface area contributed by atoms with E-state index in [1.54, 1.807) is 24.8 Å². The molecule has 0 aliphatic carbocycles. The minimum absolute atomic E-state index is 0.106. The zero-order valence-electron chi connectivity index (χ0n) is 25.2. The van der Waals surface area contributed by atoms with Gasteiger partial charge in [-0.05, 0) is 50.5 Å². The molecule has 12 heteroatoms. The molecule has 0 saturated heterocycles. The van der Waals surface area contributed by atoms with E-state index in [9.17, 15) is 9.18 Å². The van der Waals surface area contributed by atoms with Gasteiger partial charge in [0, 0.05) is 53.1 Å². The molecule has 1 amide bonds. The van der Waals surface area contributed by atoms with E-state index in [-0.39, 0.29) is 11.7 Å². The summed E-state index contributed by atoms with van der Waals surface area (Å²) >= 11 is 0. The number of aromatic amines is 2. The summed E-state index contributed by atoms with van der Waals surface area (Å²) < 4.78 is 14.7. The number of fused-ring (bicyclic) bond motifs is 2. The summed E-state index contributed by atoms with van der Waals surface area (Å²) in [6, 6.07) is 10.4. The van der Waals surface area contributed by atoms with Crippen LogP contribution < -0.4 is 10.6 Å². The average Bonchev–Trinajstić information content (AvgIpc) is 3.60. The number of anilines is 2. The molecule has 0 fully saturated rings. The van der Waals surface area contributed by atoms with Crippen molar-refractivity contribution in [1.82, 2.24) is 40.0 Å². The molecule has 0 saturated carbocycles. The van der Waals surface area contributed by atoms with Crippen LogP contribution >= 0.6 is 0 Å². The van der Waals surface area contributed by atoms with Crippen LogP contribution in [-0.2, 0) is 4.79 Å². The minimum Gasteiger partial charge on any atom is -0.384 e. The highest BCUT2D eigenvalue weighted by Crippen LogP contribution is 2.33. The number of nitrogens with zero attached hydrogens (tertiary/aromatic N) is 6. The Balaban J connectivity index is 1.35. The summed E-state index contributed by atoms with van der Waals surface area (Å²) in [4.78, 5) is 36.2. The topological polar surface area (TPSA) is 140 Å². The molecule has 224 valence electrons. The Kier molecular flexibility index (Phi) is 7.52. The van der Waals surface area contributed by atoms with Crippen LogP contribution in [0.25, 0.3) is 56.0 Å². The summed E-state index contributed by atoms with van der Waals surface area (Å²) in [6.07, 6.45) is 6.68. The van der Waals surface area contributed by atoms with Gasteiger partial charge in [0.2, 0.25) is 5.91 Å². The summed E-state index contributed by atoms with van der Waals surface area (Å²) in [5, 5.41) is 14.6. The number of halogens is 1. The minimum atomic E-state index is -0.541. The lowest BCUT2D eigenvalue weighted by molar-refractivity contribution is -0.123. The Morgan fingerprint density at radius 2 is 1.77 bits per heavy atom. The first kappa shape index (κ1) is 28.9. The van der Waals surface area contributed by atoms with E-state index in [4.69, 9.17) is 4.98 Å². The Morgan fingerprint density at radius 3 is 2.57 bits per heavy atom. The van der Waals surface area contributed by atoms with Crippen LogP contribution in [0.15, 0.2) is 61.2 Å². The fraction of sp³-hybridized carbons (Fsp3) is 0.250. The maximum Gasteiger partial charge on any atom is 0.229 e. The lowest BCUT2D eigenvalue weighted by Gasteiger charge is -2.17. The third-order valence-electron chi connectivity index (χ3n) is 7.10. The van der Waals surface area contributed by atoms with Crippen LogP contribution in [-0.4, -0.2) is 73.1 Å². The Bertz CT molecular complexity index is 1990. The molecular formula is C32H33FN10O. The number of H-pyrrole nitrogens is 2. The van der Waals surface area contributed by atoms with Gasteiger partial charge in [-0.15, -0.1) is 0 Å². The van der Waals surface area contributed by atoms with Gasteiger partial charge in [0.1, 0.15) is 17.0 Å². The molecule has 0 unspecified atom stereocenters. The number of pyridine rings is 3. The van der Waals surface area contributed by atoms with Gasteiger partial charge in [-0.25, -0.2) is 9.37 Å². The predicted octanol–water partition coefficient (Wildman–Crippen LogP) is 5.72. The van der Waals surface area contributed by atoms with Crippen LogP contribution in [0.5, 0.6) is 0 Å². The van der Waals surface area contributed by atoms with Gasteiger partial charge < -0.3 is 20.5 Å². The standard InChI is InChI=1S/C32H33FN10O/c1-32(2,3)31(44)38-22-12-19(15-34-16-22)25-14-23-26(17-37-25)41-42-28(23)30-39-24-6-7-36-27(29(24)40-30)18-10-20(33)13-21(11-18)35-8-9-43(4)5/h6-7,10-17,35H,8-9H2,1-5H3,(H,38,44)(H,39,40)(H,41,42). The molecule has 4 N–H and O–H groups in total. The fourth-order valence-corrected chi connectivity index (χ4v) is 4.73. The molecular weight excluding hydrogens is 559 g/mol. The van der Waals surface area contributed by atoms with Gasteiger partial charge in [0.15, 0.2) is 5.82 Å². The van der Waals surface area contributed by atoms with Crippen LogP contribution in [0.3, 0.4) is 0 Å². The maximum absolute atomic E-state index is 14.7. The van der Waals surface area contributed by atoms with Crippen LogP contribution in [0, 0.1) is 11.2 Å². The first-order valence-electron chi connectivity index (χ1n) is 14.2. The van der Waals surface area contributed by atoms with Crippen molar-refractivity contribution in [1.29, 1.82) is 0 Å². The molecule has 1 aromatic carbocycles. The molecule has 6 rings (SSSR count). The molecule has 44 heavy (non-hydrogen) atoms. The van der Waals surface area contributed by atoms with E-state index in [0.29, 0.717) is 51.9 Å². The van der Waals surface area contributed by atoms with E-state index in [1.165, 1.54) is 12.1 Å². The molecule has 0 aliphatic heterocycles. The van der Waals surface area contributed by atoms with Gasteiger partial charge in [-0.1, -0.05) is 20.8 Å². The maximum atomic E-state index is 14.7. The summed E-state index contributed by atoms with van der Waals surface area (Å²) in [5.41, 5.74) is 5.96. The van der Waals surface area contributed by atoms with E-state index in [0.717, 1.165) is 28.5 Å². The van der Waals surface area contributed by atoms with Crippen molar-refractivity contribution < 1.29 is 9.18 Å². The summed E-state index contributed by atoms with van der Waals surface area (Å²) in [5.74, 6) is 0.0627. The van der Waals surface area contributed by atoms with Crippen LogP contribution in [0.4, 0.5) is 15.8 Å². The number of likely N-dealkylation sites (N-methyl/N-ethyl adjacent to an activating group) is 1. The number of benzene rings is 1.